The van der Waals surface area contributed by atoms with E-state index in [-0.39, 0.29) is 18.4 Å². The third kappa shape index (κ3) is 3.09. The Labute approximate surface area is 150 Å². The highest BCUT2D eigenvalue weighted by Gasteiger charge is 2.19. The van der Waals surface area contributed by atoms with E-state index < -0.39 is 0 Å². The molecule has 1 N–H and O–H groups in total. The lowest BCUT2D eigenvalue weighted by molar-refractivity contribution is -0.115. The van der Waals surface area contributed by atoms with E-state index in [0.717, 1.165) is 16.6 Å². The Hall–Kier alpha value is -3.41. The van der Waals surface area contributed by atoms with Gasteiger partial charge in [-0.2, -0.15) is 0 Å². The molecule has 0 aliphatic carbocycles. The average Bonchev–Trinajstić information content (AvgIpc) is 3.29. The number of hydrogen-bond donors (Lipinski definition) is 1. The maximum atomic E-state index is 12.4. The first-order valence-electron chi connectivity index (χ1n) is 8.43. The van der Waals surface area contributed by atoms with Gasteiger partial charge in [-0.3, -0.25) is 10.1 Å². The van der Waals surface area contributed by atoms with Gasteiger partial charge in [-0.1, -0.05) is 47.6 Å². The van der Waals surface area contributed by atoms with Crippen LogP contribution in [0.15, 0.2) is 71.4 Å². The Bertz CT molecular complexity index is 1020. The van der Waals surface area contributed by atoms with Crippen molar-refractivity contribution in [3.05, 3.63) is 78.2 Å². The van der Waals surface area contributed by atoms with E-state index in [1.165, 1.54) is 6.26 Å². The number of carbonyl (C=O) groups is 1. The first-order chi connectivity index (χ1) is 12.7. The molecule has 0 radical (unpaired) electrons. The second-order valence-corrected chi connectivity index (χ2v) is 6.10. The summed E-state index contributed by atoms with van der Waals surface area (Å²) >= 11 is 0. The van der Waals surface area contributed by atoms with Gasteiger partial charge in [0.05, 0.1) is 29.2 Å². The number of aromatic nitrogens is 3. The van der Waals surface area contributed by atoms with Gasteiger partial charge in [0.2, 0.25) is 11.9 Å². The van der Waals surface area contributed by atoms with Crippen molar-refractivity contribution >= 4 is 22.9 Å². The Balaban J connectivity index is 1.71. The fourth-order valence-electron chi connectivity index (χ4n) is 3.07. The quantitative estimate of drug-likeness (QED) is 0.596. The Morgan fingerprint density at radius 3 is 2.65 bits per heavy atom. The molecule has 0 fully saturated rings. The Morgan fingerprint density at radius 1 is 1.12 bits per heavy atom. The van der Waals surface area contributed by atoms with Crippen molar-refractivity contribution in [2.75, 3.05) is 5.32 Å². The highest BCUT2D eigenvalue weighted by molar-refractivity contribution is 5.92. The lowest BCUT2D eigenvalue weighted by Gasteiger charge is -2.18. The lowest BCUT2D eigenvalue weighted by atomic mass is 10.1. The number of nitrogens with zero attached hydrogens (tertiary/aromatic N) is 3. The second-order valence-electron chi connectivity index (χ2n) is 6.10. The molecule has 0 spiro atoms. The summed E-state index contributed by atoms with van der Waals surface area (Å²) in [6.45, 7) is 2.09. The predicted molar refractivity (Wildman–Crippen MR) is 98.8 cm³/mol. The van der Waals surface area contributed by atoms with E-state index in [9.17, 15) is 4.79 Å². The first-order valence-corrected chi connectivity index (χ1v) is 8.43. The van der Waals surface area contributed by atoms with Crippen molar-refractivity contribution in [3.63, 3.8) is 0 Å². The summed E-state index contributed by atoms with van der Waals surface area (Å²) in [5.41, 5.74) is 3.54. The average molecular weight is 346 g/mol. The summed E-state index contributed by atoms with van der Waals surface area (Å²) in [7, 11) is 0. The van der Waals surface area contributed by atoms with Crippen LogP contribution in [0.5, 0.6) is 0 Å². The molecule has 130 valence electrons. The Morgan fingerprint density at radius 2 is 1.88 bits per heavy atom. The topological polar surface area (TPSA) is 73.0 Å². The SMILES string of the molecule is C[C@@H](c1ccccc1)n1c(NC(=O)Cc2ccon2)nc2ccccc21. The van der Waals surface area contributed by atoms with Crippen LogP contribution in [0.4, 0.5) is 5.95 Å². The van der Waals surface area contributed by atoms with Crippen LogP contribution in [-0.2, 0) is 11.2 Å². The standard InChI is InChI=1S/C20H18N4O2/c1-14(15-7-3-2-4-8-15)24-18-10-6-5-9-17(18)21-20(24)22-19(25)13-16-11-12-26-23-16/h2-12,14H,13H2,1H3,(H,21,22,25)/t14-/m0/s1. The molecule has 0 aliphatic heterocycles. The van der Waals surface area contributed by atoms with Crippen LogP contribution >= 0.6 is 0 Å². The third-order valence-corrected chi connectivity index (χ3v) is 4.35. The maximum absolute atomic E-state index is 12.4. The summed E-state index contributed by atoms with van der Waals surface area (Å²) in [5.74, 6) is 0.340. The van der Waals surface area contributed by atoms with Crippen LogP contribution in [0, 0.1) is 0 Å². The van der Waals surface area contributed by atoms with E-state index in [4.69, 9.17) is 4.52 Å². The number of fused-ring (bicyclic) bond motifs is 1. The van der Waals surface area contributed by atoms with Crippen LogP contribution in [0.2, 0.25) is 0 Å². The zero-order valence-electron chi connectivity index (χ0n) is 14.3. The van der Waals surface area contributed by atoms with Gasteiger partial charge in [-0.15, -0.1) is 0 Å². The molecule has 1 atom stereocenters. The van der Waals surface area contributed by atoms with Gasteiger partial charge in [-0.25, -0.2) is 4.98 Å². The molecule has 26 heavy (non-hydrogen) atoms. The monoisotopic (exact) mass is 346 g/mol. The highest BCUT2D eigenvalue weighted by Crippen LogP contribution is 2.28. The minimum Gasteiger partial charge on any atom is -0.364 e. The normalized spacial score (nSPS) is 12.2. The molecule has 0 unspecified atom stereocenters. The fourth-order valence-corrected chi connectivity index (χ4v) is 3.07. The zero-order valence-corrected chi connectivity index (χ0v) is 14.3. The van der Waals surface area contributed by atoms with Crippen molar-refractivity contribution in [1.29, 1.82) is 0 Å². The maximum Gasteiger partial charge on any atom is 0.232 e. The first kappa shape index (κ1) is 16.1. The van der Waals surface area contributed by atoms with Gasteiger partial charge in [-0.05, 0) is 24.6 Å². The van der Waals surface area contributed by atoms with E-state index >= 15 is 0 Å². The second kappa shape index (κ2) is 6.84. The van der Waals surface area contributed by atoms with Crippen LogP contribution in [0.25, 0.3) is 11.0 Å². The zero-order chi connectivity index (χ0) is 17.9. The van der Waals surface area contributed by atoms with Gasteiger partial charge in [0, 0.05) is 6.07 Å². The summed E-state index contributed by atoms with van der Waals surface area (Å²) < 4.78 is 6.83. The van der Waals surface area contributed by atoms with E-state index in [2.05, 4.69) is 34.5 Å². The predicted octanol–water partition coefficient (Wildman–Crippen LogP) is 3.81. The van der Waals surface area contributed by atoms with Gasteiger partial charge in [0.25, 0.3) is 0 Å². The number of amides is 1. The van der Waals surface area contributed by atoms with Crippen molar-refractivity contribution < 1.29 is 9.32 Å². The van der Waals surface area contributed by atoms with Crippen LogP contribution in [-0.4, -0.2) is 20.6 Å². The molecule has 6 heteroatoms. The summed E-state index contributed by atoms with van der Waals surface area (Å²) in [4.78, 5) is 17.0. The lowest BCUT2D eigenvalue weighted by Crippen LogP contribution is -2.19. The van der Waals surface area contributed by atoms with Crippen LogP contribution in [0.1, 0.15) is 24.2 Å². The largest absolute Gasteiger partial charge is 0.364 e. The molecule has 1 amide bonds. The smallest absolute Gasteiger partial charge is 0.232 e. The number of nitrogens with one attached hydrogen (secondary N) is 1. The molecule has 2 aromatic heterocycles. The van der Waals surface area contributed by atoms with Gasteiger partial charge >= 0.3 is 0 Å². The van der Waals surface area contributed by atoms with Crippen molar-refractivity contribution in [2.24, 2.45) is 0 Å². The molecule has 2 aromatic carbocycles. The number of anilines is 1. The summed E-state index contributed by atoms with van der Waals surface area (Å²) in [6, 6.07) is 19.7. The molecular formula is C20H18N4O2. The van der Waals surface area contributed by atoms with Crippen LogP contribution < -0.4 is 5.32 Å². The molecule has 0 saturated heterocycles. The van der Waals surface area contributed by atoms with E-state index in [1.807, 2.05) is 47.0 Å². The van der Waals surface area contributed by atoms with Gasteiger partial charge in [0.1, 0.15) is 6.26 Å². The summed E-state index contributed by atoms with van der Waals surface area (Å²) in [5, 5.41) is 6.70. The molecular weight excluding hydrogens is 328 g/mol. The molecule has 0 bridgehead atoms. The molecule has 4 rings (SSSR count). The van der Waals surface area contributed by atoms with Crippen molar-refractivity contribution in [3.8, 4) is 0 Å². The fraction of sp³-hybridized carbons (Fsp3) is 0.150. The number of para-hydroxylation sites is 2. The highest BCUT2D eigenvalue weighted by atomic mass is 16.5. The molecule has 6 nitrogen and oxygen atoms in total. The third-order valence-electron chi connectivity index (χ3n) is 4.35. The number of imidazole rings is 1. The number of carbonyl (C=O) groups excluding carboxylic acids is 1. The van der Waals surface area contributed by atoms with Crippen LogP contribution in [0.3, 0.4) is 0 Å². The minimum atomic E-state index is -0.185. The summed E-state index contributed by atoms with van der Waals surface area (Å²) in [6.07, 6.45) is 1.59. The van der Waals surface area contributed by atoms with E-state index in [0.29, 0.717) is 11.6 Å². The molecule has 0 saturated carbocycles. The van der Waals surface area contributed by atoms with E-state index in [1.54, 1.807) is 6.07 Å². The van der Waals surface area contributed by atoms with Crippen molar-refractivity contribution in [1.82, 2.24) is 14.7 Å². The Kier molecular flexibility index (Phi) is 4.23. The van der Waals surface area contributed by atoms with Gasteiger partial charge < -0.3 is 9.09 Å². The number of hydrogen-bond acceptors (Lipinski definition) is 4. The number of rotatable bonds is 5. The molecule has 0 aliphatic rings. The molecule has 2 heterocycles. The number of benzene rings is 2. The van der Waals surface area contributed by atoms with Crippen molar-refractivity contribution in [2.45, 2.75) is 19.4 Å². The molecule has 4 aromatic rings. The van der Waals surface area contributed by atoms with Gasteiger partial charge in [0.15, 0.2) is 0 Å². The minimum absolute atomic E-state index is 0.0194.